The fraction of sp³-hybridized carbons (Fsp3) is 0.545. The molecule has 0 amide bonds. The van der Waals surface area contributed by atoms with Crippen LogP contribution in [0.1, 0.15) is 0 Å². The van der Waals surface area contributed by atoms with Crippen LogP contribution in [0.2, 0.25) is 0 Å². The Morgan fingerprint density at radius 3 is 2.80 bits per heavy atom. The number of hydrogen-bond acceptors (Lipinski definition) is 4. The van der Waals surface area contributed by atoms with Gasteiger partial charge in [-0.25, -0.2) is 4.98 Å². The third-order valence-corrected chi connectivity index (χ3v) is 2.86. The summed E-state index contributed by atoms with van der Waals surface area (Å²) in [5, 5.41) is 0. The third kappa shape index (κ3) is 2.11. The van der Waals surface area contributed by atoms with Crippen molar-refractivity contribution in [2.24, 2.45) is 11.1 Å². The number of rotatable bonds is 4. The highest BCUT2D eigenvalue weighted by atomic mass is 16.5. The Bertz CT molecular complexity index is 305. The molecule has 0 spiro atoms. The Hall–Kier alpha value is -1.13. The molecule has 4 nitrogen and oxygen atoms in total. The molecule has 1 aromatic rings. The van der Waals surface area contributed by atoms with Gasteiger partial charge < -0.3 is 15.4 Å². The quantitative estimate of drug-likeness (QED) is 0.781. The summed E-state index contributed by atoms with van der Waals surface area (Å²) in [6, 6.07) is 5.91. The van der Waals surface area contributed by atoms with Gasteiger partial charge in [0.2, 0.25) is 0 Å². The number of pyridine rings is 1. The van der Waals surface area contributed by atoms with Crippen molar-refractivity contribution in [3.8, 4) is 0 Å². The van der Waals surface area contributed by atoms with Gasteiger partial charge in [0.25, 0.3) is 0 Å². The summed E-state index contributed by atoms with van der Waals surface area (Å²) in [6.07, 6.45) is 1.80. The molecule has 2 N–H and O–H groups in total. The van der Waals surface area contributed by atoms with Crippen LogP contribution in [0.15, 0.2) is 24.4 Å². The maximum Gasteiger partial charge on any atom is 0.128 e. The lowest BCUT2D eigenvalue weighted by Crippen LogP contribution is -2.54. The summed E-state index contributed by atoms with van der Waals surface area (Å²) >= 11 is 0. The molecule has 0 aliphatic carbocycles. The van der Waals surface area contributed by atoms with Crippen molar-refractivity contribution in [3.05, 3.63) is 24.4 Å². The molecule has 0 unspecified atom stereocenters. The lowest BCUT2D eigenvalue weighted by molar-refractivity contribution is -0.101. The van der Waals surface area contributed by atoms with Crippen molar-refractivity contribution >= 4 is 5.82 Å². The van der Waals surface area contributed by atoms with E-state index in [1.54, 1.807) is 6.20 Å². The van der Waals surface area contributed by atoms with Gasteiger partial charge >= 0.3 is 0 Å². The van der Waals surface area contributed by atoms with Crippen LogP contribution in [0.5, 0.6) is 0 Å². The fourth-order valence-corrected chi connectivity index (χ4v) is 1.83. The summed E-state index contributed by atoms with van der Waals surface area (Å²) in [4.78, 5) is 6.43. The molecule has 2 heterocycles. The standard InChI is InChI=1S/C11H17N3O/c1-14(10-4-2-3-5-13-10)7-11(6-12)8-15-9-11/h2-5H,6-9,12H2,1H3. The molecule has 0 aromatic carbocycles. The van der Waals surface area contributed by atoms with E-state index in [-0.39, 0.29) is 5.41 Å². The van der Waals surface area contributed by atoms with E-state index in [1.807, 2.05) is 25.2 Å². The zero-order valence-electron chi connectivity index (χ0n) is 9.02. The highest BCUT2D eigenvalue weighted by molar-refractivity contribution is 5.37. The first kappa shape index (κ1) is 10.4. The van der Waals surface area contributed by atoms with E-state index in [1.165, 1.54) is 0 Å². The second-order valence-corrected chi connectivity index (χ2v) is 4.24. The Morgan fingerprint density at radius 2 is 2.33 bits per heavy atom. The van der Waals surface area contributed by atoms with E-state index in [2.05, 4.69) is 9.88 Å². The summed E-state index contributed by atoms with van der Waals surface area (Å²) in [7, 11) is 2.04. The Balaban J connectivity index is 2.00. The molecule has 0 atom stereocenters. The van der Waals surface area contributed by atoms with E-state index in [4.69, 9.17) is 10.5 Å². The molecule has 0 saturated carbocycles. The summed E-state index contributed by atoms with van der Waals surface area (Å²) in [5.41, 5.74) is 5.90. The molecular formula is C11H17N3O. The van der Waals surface area contributed by atoms with E-state index in [0.29, 0.717) is 6.54 Å². The topological polar surface area (TPSA) is 51.4 Å². The predicted molar refractivity (Wildman–Crippen MR) is 59.8 cm³/mol. The predicted octanol–water partition coefficient (Wildman–Crippen LogP) is 0.493. The van der Waals surface area contributed by atoms with Gasteiger partial charge in [0.05, 0.1) is 13.2 Å². The zero-order valence-corrected chi connectivity index (χ0v) is 9.02. The molecular weight excluding hydrogens is 190 g/mol. The van der Waals surface area contributed by atoms with Gasteiger partial charge in [-0.1, -0.05) is 6.07 Å². The van der Waals surface area contributed by atoms with Crippen LogP contribution >= 0.6 is 0 Å². The van der Waals surface area contributed by atoms with E-state index in [9.17, 15) is 0 Å². The first-order chi connectivity index (χ1) is 7.26. The minimum atomic E-state index is 0.131. The van der Waals surface area contributed by atoms with Crippen LogP contribution < -0.4 is 10.6 Å². The normalized spacial score (nSPS) is 18.3. The summed E-state index contributed by atoms with van der Waals surface area (Å²) in [5.74, 6) is 0.984. The van der Waals surface area contributed by atoms with Gasteiger partial charge in [0.15, 0.2) is 0 Å². The molecule has 4 heteroatoms. The van der Waals surface area contributed by atoms with Crippen LogP contribution in [-0.4, -0.2) is 38.3 Å². The molecule has 1 aliphatic rings. The average molecular weight is 207 g/mol. The third-order valence-electron chi connectivity index (χ3n) is 2.86. The fourth-order valence-electron chi connectivity index (χ4n) is 1.83. The van der Waals surface area contributed by atoms with Gasteiger partial charge in [-0.15, -0.1) is 0 Å². The van der Waals surface area contributed by atoms with E-state index in [0.717, 1.165) is 25.6 Å². The minimum absolute atomic E-state index is 0.131. The average Bonchev–Trinajstić information content (AvgIpc) is 2.24. The first-order valence-corrected chi connectivity index (χ1v) is 5.16. The van der Waals surface area contributed by atoms with Gasteiger partial charge in [0, 0.05) is 31.7 Å². The zero-order chi connectivity index (χ0) is 10.7. The molecule has 0 radical (unpaired) electrons. The number of ether oxygens (including phenoxy) is 1. The van der Waals surface area contributed by atoms with Gasteiger partial charge in [-0.2, -0.15) is 0 Å². The van der Waals surface area contributed by atoms with Crippen LogP contribution in [0.3, 0.4) is 0 Å². The maximum atomic E-state index is 5.77. The Morgan fingerprint density at radius 1 is 1.53 bits per heavy atom. The summed E-state index contributed by atoms with van der Waals surface area (Å²) < 4.78 is 5.24. The smallest absolute Gasteiger partial charge is 0.128 e. The summed E-state index contributed by atoms with van der Waals surface area (Å²) in [6.45, 7) is 3.10. The molecule has 1 aliphatic heterocycles. The number of nitrogens with zero attached hydrogens (tertiary/aromatic N) is 2. The molecule has 2 rings (SSSR count). The van der Waals surface area contributed by atoms with Crippen LogP contribution in [0, 0.1) is 5.41 Å². The SMILES string of the molecule is CN(CC1(CN)COC1)c1ccccn1. The lowest BCUT2D eigenvalue weighted by Gasteiger charge is -2.43. The van der Waals surface area contributed by atoms with Crippen molar-refractivity contribution in [2.45, 2.75) is 0 Å². The molecule has 1 aromatic heterocycles. The monoisotopic (exact) mass is 207 g/mol. The van der Waals surface area contributed by atoms with Crippen molar-refractivity contribution in [3.63, 3.8) is 0 Å². The van der Waals surface area contributed by atoms with Crippen molar-refractivity contribution in [2.75, 3.05) is 38.3 Å². The highest BCUT2D eigenvalue weighted by Crippen LogP contribution is 2.28. The van der Waals surface area contributed by atoms with E-state index < -0.39 is 0 Å². The number of anilines is 1. The molecule has 0 bridgehead atoms. The van der Waals surface area contributed by atoms with Crippen LogP contribution in [0.25, 0.3) is 0 Å². The van der Waals surface area contributed by atoms with Crippen molar-refractivity contribution in [1.29, 1.82) is 0 Å². The molecule has 82 valence electrons. The largest absolute Gasteiger partial charge is 0.380 e. The van der Waals surface area contributed by atoms with Gasteiger partial charge in [-0.05, 0) is 12.1 Å². The molecule has 1 fully saturated rings. The number of nitrogens with two attached hydrogens (primary N) is 1. The lowest BCUT2D eigenvalue weighted by atomic mass is 9.85. The Labute approximate surface area is 90.0 Å². The maximum absolute atomic E-state index is 5.77. The second kappa shape index (κ2) is 4.16. The second-order valence-electron chi connectivity index (χ2n) is 4.24. The molecule has 15 heavy (non-hydrogen) atoms. The number of hydrogen-bond donors (Lipinski definition) is 1. The van der Waals surface area contributed by atoms with Crippen LogP contribution in [0.4, 0.5) is 5.82 Å². The van der Waals surface area contributed by atoms with Crippen LogP contribution in [-0.2, 0) is 4.74 Å². The minimum Gasteiger partial charge on any atom is -0.380 e. The molecule has 1 saturated heterocycles. The Kier molecular flexibility index (Phi) is 2.88. The number of aromatic nitrogens is 1. The van der Waals surface area contributed by atoms with Crippen molar-refractivity contribution in [1.82, 2.24) is 4.98 Å². The van der Waals surface area contributed by atoms with Gasteiger partial charge in [0.1, 0.15) is 5.82 Å². The first-order valence-electron chi connectivity index (χ1n) is 5.16. The van der Waals surface area contributed by atoms with Gasteiger partial charge in [-0.3, -0.25) is 0 Å². The van der Waals surface area contributed by atoms with Crippen molar-refractivity contribution < 1.29 is 4.74 Å². The highest BCUT2D eigenvalue weighted by Gasteiger charge is 2.38. The van der Waals surface area contributed by atoms with E-state index >= 15 is 0 Å².